The zero-order valence-electron chi connectivity index (χ0n) is 21.2. The number of hydrogen-bond donors (Lipinski definition) is 2. The predicted molar refractivity (Wildman–Crippen MR) is 146 cm³/mol. The van der Waals surface area contributed by atoms with Gasteiger partial charge in [0, 0.05) is 16.8 Å². The fraction of sp³-hybridized carbons (Fsp3) is 0.333. The van der Waals surface area contributed by atoms with Crippen molar-refractivity contribution in [3.63, 3.8) is 0 Å². The number of hydrogen-bond acceptors (Lipinski definition) is 2. The van der Waals surface area contributed by atoms with Crippen LogP contribution < -0.4 is 10.6 Å². The van der Waals surface area contributed by atoms with Crippen molar-refractivity contribution in [2.45, 2.75) is 63.6 Å². The van der Waals surface area contributed by atoms with Crippen LogP contribution >= 0.6 is 12.2 Å². The summed E-state index contributed by atoms with van der Waals surface area (Å²) in [6.07, 6.45) is -1.26. The lowest BCUT2D eigenvalue weighted by Gasteiger charge is -2.33. The molecule has 1 aliphatic carbocycles. The Morgan fingerprint density at radius 2 is 1.49 bits per heavy atom. The van der Waals surface area contributed by atoms with Crippen molar-refractivity contribution in [2.75, 3.05) is 5.32 Å². The zero-order chi connectivity index (χ0) is 26.8. The molecule has 194 valence electrons. The van der Waals surface area contributed by atoms with Gasteiger partial charge in [0.05, 0.1) is 11.1 Å². The maximum atomic E-state index is 13.3. The first-order valence-corrected chi connectivity index (χ1v) is 12.8. The number of rotatable bonds is 5. The van der Waals surface area contributed by atoms with Gasteiger partial charge in [0.2, 0.25) is 0 Å². The van der Waals surface area contributed by atoms with Gasteiger partial charge in [-0.2, -0.15) is 13.2 Å². The van der Waals surface area contributed by atoms with Crippen molar-refractivity contribution < 1.29 is 18.0 Å². The maximum Gasteiger partial charge on any atom is 0.416 e. The van der Waals surface area contributed by atoms with Gasteiger partial charge in [0.25, 0.3) is 0 Å². The second-order valence-electron chi connectivity index (χ2n) is 10.7. The van der Waals surface area contributed by atoms with E-state index >= 15 is 0 Å². The molecule has 37 heavy (non-hydrogen) atoms. The highest BCUT2D eigenvalue weighted by atomic mass is 32.1. The highest BCUT2D eigenvalue weighted by molar-refractivity contribution is 7.80. The SMILES string of the molecule is CC(C)(C)c1ccc(C(=O)c2cccc(NC(=S)NC3(c4cccc(C(F)(F)F)c4)CCCC3)c2)cc1. The predicted octanol–water partition coefficient (Wildman–Crippen LogP) is 7.99. The summed E-state index contributed by atoms with van der Waals surface area (Å²) in [5.41, 5.74) is 2.13. The number of alkyl halides is 3. The first-order valence-electron chi connectivity index (χ1n) is 12.4. The van der Waals surface area contributed by atoms with Crippen LogP contribution in [0.2, 0.25) is 0 Å². The Kier molecular flexibility index (Phi) is 7.47. The van der Waals surface area contributed by atoms with E-state index in [1.807, 2.05) is 24.3 Å². The van der Waals surface area contributed by atoms with Gasteiger partial charge in [-0.15, -0.1) is 0 Å². The molecule has 3 aromatic rings. The molecule has 0 spiro atoms. The van der Waals surface area contributed by atoms with Crippen LogP contribution in [0.25, 0.3) is 0 Å². The fourth-order valence-corrected chi connectivity index (χ4v) is 5.18. The van der Waals surface area contributed by atoms with Crippen LogP contribution in [-0.4, -0.2) is 10.9 Å². The Hall–Kier alpha value is -3.19. The molecule has 1 aliphatic rings. The van der Waals surface area contributed by atoms with E-state index in [9.17, 15) is 18.0 Å². The van der Waals surface area contributed by atoms with E-state index in [2.05, 4.69) is 31.4 Å². The summed E-state index contributed by atoms with van der Waals surface area (Å²) in [4.78, 5) is 13.1. The summed E-state index contributed by atoms with van der Waals surface area (Å²) >= 11 is 5.57. The zero-order valence-corrected chi connectivity index (χ0v) is 22.0. The molecular weight excluding hydrogens is 493 g/mol. The number of carbonyl (C=O) groups excluding carboxylic acids is 1. The summed E-state index contributed by atoms with van der Waals surface area (Å²) in [7, 11) is 0. The molecule has 0 atom stereocenters. The normalized spacial score (nSPS) is 15.3. The minimum atomic E-state index is -4.41. The molecule has 2 N–H and O–H groups in total. The highest BCUT2D eigenvalue weighted by Gasteiger charge is 2.38. The molecule has 7 heteroatoms. The van der Waals surface area contributed by atoms with Crippen molar-refractivity contribution in [3.8, 4) is 0 Å². The molecule has 4 rings (SSSR count). The number of thiocarbonyl (C=S) groups is 1. The van der Waals surface area contributed by atoms with Gasteiger partial charge in [0.15, 0.2) is 10.9 Å². The van der Waals surface area contributed by atoms with Crippen molar-refractivity contribution in [1.29, 1.82) is 0 Å². The second kappa shape index (κ2) is 10.3. The van der Waals surface area contributed by atoms with Gasteiger partial charge in [-0.05, 0) is 65.9 Å². The summed E-state index contributed by atoms with van der Waals surface area (Å²) in [5, 5.41) is 6.74. The molecule has 0 amide bonds. The van der Waals surface area contributed by atoms with E-state index in [-0.39, 0.29) is 11.2 Å². The molecule has 1 saturated carbocycles. The smallest absolute Gasteiger partial charge is 0.353 e. The average Bonchev–Trinajstić information content (AvgIpc) is 3.32. The monoisotopic (exact) mass is 524 g/mol. The Morgan fingerprint density at radius 1 is 0.838 bits per heavy atom. The molecule has 0 radical (unpaired) electrons. The van der Waals surface area contributed by atoms with Gasteiger partial charge in [-0.1, -0.05) is 82.1 Å². The van der Waals surface area contributed by atoms with E-state index in [1.54, 1.807) is 30.3 Å². The van der Waals surface area contributed by atoms with Crippen molar-refractivity contribution in [2.24, 2.45) is 0 Å². The van der Waals surface area contributed by atoms with Crippen LogP contribution in [0, 0.1) is 0 Å². The van der Waals surface area contributed by atoms with E-state index in [1.165, 1.54) is 12.1 Å². The van der Waals surface area contributed by atoms with Crippen LogP contribution in [0.1, 0.15) is 79.1 Å². The van der Waals surface area contributed by atoms with Crippen LogP contribution in [0.3, 0.4) is 0 Å². The number of halogens is 3. The number of anilines is 1. The molecule has 0 saturated heterocycles. The Balaban J connectivity index is 1.50. The van der Waals surface area contributed by atoms with E-state index in [4.69, 9.17) is 12.2 Å². The molecule has 0 aromatic heterocycles. The number of carbonyl (C=O) groups is 1. The van der Waals surface area contributed by atoms with Gasteiger partial charge >= 0.3 is 6.18 Å². The minimum absolute atomic E-state index is 0.00114. The van der Waals surface area contributed by atoms with E-state index < -0.39 is 17.3 Å². The first-order chi connectivity index (χ1) is 17.4. The van der Waals surface area contributed by atoms with Gasteiger partial charge in [-0.3, -0.25) is 4.79 Å². The quantitative estimate of drug-likeness (QED) is 0.262. The second-order valence-corrected chi connectivity index (χ2v) is 11.1. The summed E-state index contributed by atoms with van der Waals surface area (Å²) in [6.45, 7) is 6.37. The van der Waals surface area contributed by atoms with E-state index in [0.29, 0.717) is 40.3 Å². The highest BCUT2D eigenvalue weighted by Crippen LogP contribution is 2.41. The summed E-state index contributed by atoms with van der Waals surface area (Å²) in [5.74, 6) is -0.0979. The van der Waals surface area contributed by atoms with Gasteiger partial charge in [-0.25, -0.2) is 0 Å². The van der Waals surface area contributed by atoms with Crippen molar-refractivity contribution in [1.82, 2.24) is 5.32 Å². The average molecular weight is 525 g/mol. The summed E-state index contributed by atoms with van der Waals surface area (Å²) in [6, 6.07) is 20.2. The lowest BCUT2D eigenvalue weighted by atomic mass is 9.86. The first kappa shape index (κ1) is 26.9. The third-order valence-electron chi connectivity index (χ3n) is 6.95. The Labute approximate surface area is 221 Å². The lowest BCUT2D eigenvalue weighted by molar-refractivity contribution is -0.137. The molecule has 0 unspecified atom stereocenters. The van der Waals surface area contributed by atoms with E-state index in [0.717, 1.165) is 24.5 Å². The molecule has 1 fully saturated rings. The molecule has 0 heterocycles. The number of ketones is 1. The lowest BCUT2D eigenvalue weighted by Crippen LogP contribution is -2.45. The molecular formula is C30H31F3N2OS. The van der Waals surface area contributed by atoms with Gasteiger partial charge in [0.1, 0.15) is 0 Å². The molecule has 3 aromatic carbocycles. The van der Waals surface area contributed by atoms with Gasteiger partial charge < -0.3 is 10.6 Å². The standard InChI is InChI=1S/C30H31F3N2OS/c1-28(2,3)22-14-12-20(13-15-22)26(36)21-8-6-11-25(18-21)34-27(37)35-29(16-4-5-17-29)23-9-7-10-24(19-23)30(31,32)33/h6-15,18-19H,4-5,16-17H2,1-3H3,(H2,34,35,37). The topological polar surface area (TPSA) is 41.1 Å². The van der Waals surface area contributed by atoms with Crippen LogP contribution in [0.5, 0.6) is 0 Å². The fourth-order valence-electron chi connectivity index (χ4n) is 4.86. The van der Waals surface area contributed by atoms with Crippen LogP contribution in [0.15, 0.2) is 72.8 Å². The Bertz CT molecular complexity index is 1290. The van der Waals surface area contributed by atoms with Crippen LogP contribution in [-0.2, 0) is 17.1 Å². The molecule has 0 aliphatic heterocycles. The third kappa shape index (κ3) is 6.21. The number of nitrogens with one attached hydrogen (secondary N) is 2. The minimum Gasteiger partial charge on any atom is -0.353 e. The van der Waals surface area contributed by atoms with Crippen molar-refractivity contribution in [3.05, 3.63) is 101 Å². The third-order valence-corrected chi connectivity index (χ3v) is 7.15. The summed E-state index contributed by atoms with van der Waals surface area (Å²) < 4.78 is 40.0. The molecule has 3 nitrogen and oxygen atoms in total. The van der Waals surface area contributed by atoms with Crippen LogP contribution in [0.4, 0.5) is 18.9 Å². The maximum absolute atomic E-state index is 13.3. The Morgan fingerprint density at radius 3 is 2.11 bits per heavy atom. The molecule has 0 bridgehead atoms. The van der Waals surface area contributed by atoms with Crippen molar-refractivity contribution >= 4 is 28.8 Å². The largest absolute Gasteiger partial charge is 0.416 e. The number of benzene rings is 3.